The zero-order chi connectivity index (χ0) is 13.5. The van der Waals surface area contributed by atoms with Crippen molar-refractivity contribution in [2.75, 3.05) is 13.2 Å². The third kappa shape index (κ3) is 3.90. The Bertz CT molecular complexity index is 270. The number of allylic oxidation sites excluding steroid dienone is 2. The van der Waals surface area contributed by atoms with Crippen molar-refractivity contribution in [1.29, 1.82) is 0 Å². The van der Waals surface area contributed by atoms with Gasteiger partial charge < -0.3 is 10.1 Å². The van der Waals surface area contributed by atoms with Crippen LogP contribution in [0.25, 0.3) is 0 Å². The molecule has 110 valence electrons. The highest BCUT2D eigenvalue weighted by molar-refractivity contribution is 5.16. The van der Waals surface area contributed by atoms with Gasteiger partial charge in [0.25, 0.3) is 0 Å². The maximum atomic E-state index is 6.13. The van der Waals surface area contributed by atoms with Gasteiger partial charge in [-0.2, -0.15) is 0 Å². The van der Waals surface area contributed by atoms with E-state index in [1.807, 2.05) is 0 Å². The molecule has 0 fully saturated rings. The van der Waals surface area contributed by atoms with Gasteiger partial charge in [-0.05, 0) is 25.7 Å². The summed E-state index contributed by atoms with van der Waals surface area (Å²) < 4.78 is 6.13. The van der Waals surface area contributed by atoms with Crippen LogP contribution in [0.15, 0.2) is 11.5 Å². The van der Waals surface area contributed by atoms with E-state index in [2.05, 4.69) is 19.2 Å². The Labute approximate surface area is 119 Å². The molecule has 1 N–H and O–H groups in total. The van der Waals surface area contributed by atoms with Crippen LogP contribution in [0.1, 0.15) is 71.6 Å². The van der Waals surface area contributed by atoms with Gasteiger partial charge in [0, 0.05) is 18.4 Å². The van der Waals surface area contributed by atoms with E-state index in [0.717, 1.165) is 19.1 Å². The second kappa shape index (κ2) is 7.81. The number of nitrogens with one attached hydrogen (secondary N) is 1. The second-order valence-corrected chi connectivity index (χ2v) is 6.16. The Morgan fingerprint density at radius 2 is 1.68 bits per heavy atom. The highest BCUT2D eigenvalue weighted by Gasteiger charge is 2.28. The quantitative estimate of drug-likeness (QED) is 0.801. The van der Waals surface area contributed by atoms with Gasteiger partial charge in [-0.15, -0.1) is 0 Å². The fourth-order valence-electron chi connectivity index (χ4n) is 3.69. The summed E-state index contributed by atoms with van der Waals surface area (Å²) in [5.74, 6) is 2.73. The molecule has 0 saturated heterocycles. The van der Waals surface area contributed by atoms with E-state index in [4.69, 9.17) is 4.74 Å². The van der Waals surface area contributed by atoms with Gasteiger partial charge in [0.05, 0.1) is 5.70 Å². The van der Waals surface area contributed by atoms with Crippen molar-refractivity contribution in [1.82, 2.24) is 5.32 Å². The second-order valence-electron chi connectivity index (χ2n) is 6.16. The van der Waals surface area contributed by atoms with Gasteiger partial charge in [-0.25, -0.2) is 0 Å². The number of rotatable bonds is 4. The van der Waals surface area contributed by atoms with Gasteiger partial charge in [0.1, 0.15) is 12.4 Å². The largest absolute Gasteiger partial charge is 0.494 e. The molecule has 0 bridgehead atoms. The topological polar surface area (TPSA) is 21.3 Å². The van der Waals surface area contributed by atoms with Gasteiger partial charge in [0.15, 0.2) is 0 Å². The van der Waals surface area contributed by atoms with Crippen LogP contribution < -0.4 is 5.32 Å². The van der Waals surface area contributed by atoms with Gasteiger partial charge in [-0.3, -0.25) is 0 Å². The summed E-state index contributed by atoms with van der Waals surface area (Å²) in [5.41, 5.74) is 1.48. The molecule has 0 aromatic carbocycles. The predicted octanol–water partition coefficient (Wildman–Crippen LogP) is 4.61. The molecule has 2 aliphatic rings. The summed E-state index contributed by atoms with van der Waals surface area (Å²) >= 11 is 0. The minimum absolute atomic E-state index is 0.672. The van der Waals surface area contributed by atoms with Crippen molar-refractivity contribution in [2.24, 2.45) is 11.8 Å². The monoisotopic (exact) mass is 265 g/mol. The minimum atomic E-state index is 0.672. The Morgan fingerprint density at radius 1 is 1.00 bits per heavy atom. The molecule has 0 amide bonds. The molecular weight excluding hydrogens is 234 g/mol. The van der Waals surface area contributed by atoms with Crippen molar-refractivity contribution in [2.45, 2.75) is 71.6 Å². The molecule has 1 aliphatic carbocycles. The SMILES string of the molecule is CCCC1CCCCCC(CCC)C2=C1NCCO2. The molecule has 2 atom stereocenters. The Balaban J connectivity index is 2.24. The molecule has 2 nitrogen and oxygen atoms in total. The summed E-state index contributed by atoms with van der Waals surface area (Å²) in [6, 6.07) is 0. The van der Waals surface area contributed by atoms with Crippen molar-refractivity contribution in [3.63, 3.8) is 0 Å². The standard InChI is InChI=1S/C17H31NO/c1-3-8-14-10-6-5-7-11-15(9-4-2)17-16(14)18-12-13-19-17/h14-15,18H,3-13H2,1-2H3. The van der Waals surface area contributed by atoms with Crippen LogP contribution in [0.3, 0.4) is 0 Å². The van der Waals surface area contributed by atoms with Crippen LogP contribution in [-0.4, -0.2) is 13.2 Å². The molecule has 2 heteroatoms. The molecule has 0 saturated carbocycles. The van der Waals surface area contributed by atoms with Gasteiger partial charge in [-0.1, -0.05) is 46.0 Å². The molecule has 0 radical (unpaired) electrons. The third-order valence-corrected chi connectivity index (χ3v) is 4.60. The molecule has 0 spiro atoms. The lowest BCUT2D eigenvalue weighted by Gasteiger charge is -2.32. The molecule has 0 aromatic rings. The average Bonchev–Trinajstić information content (AvgIpc) is 2.51. The van der Waals surface area contributed by atoms with Crippen molar-refractivity contribution >= 4 is 0 Å². The number of hydrogen-bond donors (Lipinski definition) is 1. The molecule has 1 heterocycles. The summed E-state index contributed by atoms with van der Waals surface area (Å²) in [6.45, 7) is 6.46. The highest BCUT2D eigenvalue weighted by Crippen LogP contribution is 2.35. The first kappa shape index (κ1) is 14.7. The van der Waals surface area contributed by atoms with Crippen LogP contribution in [0.5, 0.6) is 0 Å². The Morgan fingerprint density at radius 3 is 2.42 bits per heavy atom. The van der Waals surface area contributed by atoms with Crippen LogP contribution in [0, 0.1) is 11.8 Å². The third-order valence-electron chi connectivity index (χ3n) is 4.60. The van der Waals surface area contributed by atoms with Crippen molar-refractivity contribution in [3.05, 3.63) is 11.5 Å². The number of ether oxygens (including phenoxy) is 1. The van der Waals surface area contributed by atoms with E-state index >= 15 is 0 Å². The van der Waals surface area contributed by atoms with Crippen LogP contribution >= 0.6 is 0 Å². The van der Waals surface area contributed by atoms with E-state index in [-0.39, 0.29) is 0 Å². The zero-order valence-corrected chi connectivity index (χ0v) is 12.8. The van der Waals surface area contributed by atoms with E-state index in [0.29, 0.717) is 5.92 Å². The molecular formula is C17H31NO. The average molecular weight is 265 g/mol. The van der Waals surface area contributed by atoms with E-state index in [1.165, 1.54) is 69.2 Å². The van der Waals surface area contributed by atoms with E-state index < -0.39 is 0 Å². The van der Waals surface area contributed by atoms with Crippen molar-refractivity contribution in [3.8, 4) is 0 Å². The summed E-state index contributed by atoms with van der Waals surface area (Å²) in [6.07, 6.45) is 12.0. The lowest BCUT2D eigenvalue weighted by molar-refractivity contribution is 0.142. The molecule has 0 aromatic heterocycles. The zero-order valence-electron chi connectivity index (χ0n) is 12.8. The molecule has 2 unspecified atom stereocenters. The lowest BCUT2D eigenvalue weighted by atomic mass is 9.89. The summed E-state index contributed by atoms with van der Waals surface area (Å²) in [4.78, 5) is 0. The maximum Gasteiger partial charge on any atom is 0.118 e. The first-order valence-corrected chi connectivity index (χ1v) is 8.47. The summed E-state index contributed by atoms with van der Waals surface area (Å²) in [7, 11) is 0. The number of hydrogen-bond acceptors (Lipinski definition) is 2. The minimum Gasteiger partial charge on any atom is -0.494 e. The van der Waals surface area contributed by atoms with E-state index in [9.17, 15) is 0 Å². The van der Waals surface area contributed by atoms with Crippen molar-refractivity contribution < 1.29 is 4.74 Å². The van der Waals surface area contributed by atoms with Crippen LogP contribution in [0.4, 0.5) is 0 Å². The highest BCUT2D eigenvalue weighted by atomic mass is 16.5. The first-order chi connectivity index (χ1) is 9.36. The fraction of sp³-hybridized carbons (Fsp3) is 0.882. The normalized spacial score (nSPS) is 28.5. The smallest absolute Gasteiger partial charge is 0.118 e. The van der Waals surface area contributed by atoms with Crippen LogP contribution in [0.2, 0.25) is 0 Å². The molecule has 1 aliphatic heterocycles. The summed E-state index contributed by atoms with van der Waals surface area (Å²) in [5, 5.41) is 3.69. The maximum absolute atomic E-state index is 6.13. The Kier molecular flexibility index (Phi) is 6.06. The predicted molar refractivity (Wildman–Crippen MR) is 80.9 cm³/mol. The van der Waals surface area contributed by atoms with Gasteiger partial charge in [0.2, 0.25) is 0 Å². The molecule has 19 heavy (non-hydrogen) atoms. The fourth-order valence-corrected chi connectivity index (χ4v) is 3.69. The van der Waals surface area contributed by atoms with Crippen LogP contribution in [-0.2, 0) is 4.74 Å². The molecule has 2 rings (SSSR count). The van der Waals surface area contributed by atoms with Gasteiger partial charge >= 0.3 is 0 Å². The van der Waals surface area contributed by atoms with E-state index in [1.54, 1.807) is 0 Å². The Hall–Kier alpha value is -0.660. The first-order valence-electron chi connectivity index (χ1n) is 8.47. The lowest BCUT2D eigenvalue weighted by Crippen LogP contribution is -2.33.